The molecule has 0 spiro atoms. The predicted octanol–water partition coefficient (Wildman–Crippen LogP) is 3.53. The molecule has 2 aromatic carbocycles. The Balaban J connectivity index is 1.97. The molecule has 1 heterocycles. The maximum Gasteiger partial charge on any atom is 0.255 e. The minimum atomic E-state index is -0.460. The molecule has 0 aromatic heterocycles. The van der Waals surface area contributed by atoms with E-state index in [1.165, 1.54) is 0 Å². The van der Waals surface area contributed by atoms with Crippen LogP contribution in [0.25, 0.3) is 0 Å². The quantitative estimate of drug-likeness (QED) is 0.583. The predicted molar refractivity (Wildman–Crippen MR) is 120 cm³/mol. The van der Waals surface area contributed by atoms with E-state index in [1.54, 1.807) is 26.4 Å². The van der Waals surface area contributed by atoms with Gasteiger partial charge in [0.25, 0.3) is 5.91 Å². The molecule has 1 amide bonds. The minimum Gasteiger partial charge on any atom is -0.493 e. The lowest BCUT2D eigenvalue weighted by Gasteiger charge is -2.30. The number of allylic oxidation sites excluding steroid dienone is 1. The molecule has 0 unspecified atom stereocenters. The summed E-state index contributed by atoms with van der Waals surface area (Å²) in [5.41, 5.74) is 2.61. The molecule has 0 aliphatic carbocycles. The molecular weight excluding hydrogens is 402 g/mol. The Hall–Kier alpha value is -3.26. The average Bonchev–Trinajstić information content (AvgIpc) is 2.74. The molecule has 1 aliphatic heterocycles. The second kappa shape index (κ2) is 9.49. The number of hydrogen-bond donors (Lipinski definition) is 3. The minimum absolute atomic E-state index is 0.262. The fourth-order valence-electron chi connectivity index (χ4n) is 3.32. The summed E-state index contributed by atoms with van der Waals surface area (Å²) in [6, 6.07) is 12.4. The van der Waals surface area contributed by atoms with E-state index in [2.05, 4.69) is 16.0 Å². The zero-order valence-electron chi connectivity index (χ0n) is 17.4. The van der Waals surface area contributed by atoms with Crippen molar-refractivity contribution >= 4 is 28.9 Å². The zero-order valence-corrected chi connectivity index (χ0v) is 18.2. The van der Waals surface area contributed by atoms with Crippen molar-refractivity contribution in [1.82, 2.24) is 10.6 Å². The molecule has 0 bridgehead atoms. The van der Waals surface area contributed by atoms with Crippen molar-refractivity contribution in [3.05, 3.63) is 59.3 Å². The summed E-state index contributed by atoms with van der Waals surface area (Å²) in [6.45, 7) is 4.22. The van der Waals surface area contributed by atoms with Gasteiger partial charge in [-0.05, 0) is 55.9 Å². The van der Waals surface area contributed by atoms with E-state index in [1.807, 2.05) is 44.2 Å². The summed E-state index contributed by atoms with van der Waals surface area (Å²) in [5.74, 6) is 1.53. The molecule has 8 heteroatoms. The smallest absolute Gasteiger partial charge is 0.255 e. The van der Waals surface area contributed by atoms with E-state index in [-0.39, 0.29) is 5.91 Å². The monoisotopic (exact) mass is 427 g/mol. The summed E-state index contributed by atoms with van der Waals surface area (Å²) in [7, 11) is 3.15. The van der Waals surface area contributed by atoms with Crippen molar-refractivity contribution < 1.29 is 19.0 Å². The molecular formula is C22H25N3O4S. The molecule has 0 saturated carbocycles. The molecule has 0 fully saturated rings. The molecule has 7 nitrogen and oxygen atoms in total. The molecule has 0 radical (unpaired) electrons. The maximum absolute atomic E-state index is 13.3. The Morgan fingerprint density at radius 3 is 2.53 bits per heavy atom. The Morgan fingerprint density at radius 2 is 1.83 bits per heavy atom. The SMILES string of the molecule is CCOc1ccccc1NC(=O)C1=C(C)NC(=S)N[C@H]1c1ccc(OC)c(OC)c1. The first kappa shape index (κ1) is 21.4. The maximum atomic E-state index is 13.3. The Bertz CT molecular complexity index is 990. The molecule has 2 aromatic rings. The number of nitrogens with one attached hydrogen (secondary N) is 3. The van der Waals surface area contributed by atoms with Crippen molar-refractivity contribution in [3.63, 3.8) is 0 Å². The number of anilines is 1. The summed E-state index contributed by atoms with van der Waals surface area (Å²) in [6.07, 6.45) is 0. The molecule has 3 N–H and O–H groups in total. The Labute approximate surface area is 181 Å². The third kappa shape index (κ3) is 4.49. The topological polar surface area (TPSA) is 80.9 Å². The van der Waals surface area contributed by atoms with Gasteiger partial charge in [0.2, 0.25) is 0 Å². The first-order valence-electron chi connectivity index (χ1n) is 9.51. The number of para-hydroxylation sites is 2. The van der Waals surface area contributed by atoms with E-state index in [0.717, 1.165) is 5.56 Å². The van der Waals surface area contributed by atoms with Gasteiger partial charge in [-0.3, -0.25) is 4.79 Å². The normalized spacial score (nSPS) is 15.7. The van der Waals surface area contributed by atoms with Crippen LogP contribution in [0, 0.1) is 0 Å². The highest BCUT2D eigenvalue weighted by atomic mass is 32.1. The highest BCUT2D eigenvalue weighted by Gasteiger charge is 2.31. The number of methoxy groups -OCH3 is 2. The third-order valence-electron chi connectivity index (χ3n) is 4.69. The van der Waals surface area contributed by atoms with Gasteiger partial charge in [0.1, 0.15) is 5.75 Å². The van der Waals surface area contributed by atoms with Crippen molar-refractivity contribution in [3.8, 4) is 17.2 Å². The van der Waals surface area contributed by atoms with Gasteiger partial charge in [-0.15, -0.1) is 0 Å². The van der Waals surface area contributed by atoms with E-state index in [9.17, 15) is 4.79 Å². The highest BCUT2D eigenvalue weighted by molar-refractivity contribution is 7.80. The van der Waals surface area contributed by atoms with Crippen LogP contribution in [0.4, 0.5) is 5.69 Å². The van der Waals surface area contributed by atoms with Crippen LogP contribution >= 0.6 is 12.2 Å². The standard InChI is InChI=1S/C22H25N3O4S/c1-5-29-16-9-7-6-8-15(16)24-21(26)19-13(2)23-22(30)25-20(19)14-10-11-17(27-3)18(12-14)28-4/h6-12,20H,5H2,1-4H3,(H,24,26)(H2,23,25,30)/t20-/m0/s1. The zero-order chi connectivity index (χ0) is 21.7. The van der Waals surface area contributed by atoms with Crippen LogP contribution in [0.3, 0.4) is 0 Å². The molecule has 1 aliphatic rings. The average molecular weight is 428 g/mol. The van der Waals surface area contributed by atoms with Gasteiger partial charge in [-0.25, -0.2) is 0 Å². The van der Waals surface area contributed by atoms with E-state index in [4.69, 9.17) is 26.4 Å². The third-order valence-corrected chi connectivity index (χ3v) is 4.91. The van der Waals surface area contributed by atoms with Crippen molar-refractivity contribution in [2.24, 2.45) is 0 Å². The molecule has 158 valence electrons. The van der Waals surface area contributed by atoms with Crippen LogP contribution in [0.2, 0.25) is 0 Å². The number of benzene rings is 2. The Kier molecular flexibility index (Phi) is 6.79. The van der Waals surface area contributed by atoms with Gasteiger partial charge in [0.15, 0.2) is 16.6 Å². The second-order valence-corrected chi connectivity index (χ2v) is 6.98. The lowest BCUT2D eigenvalue weighted by Crippen LogP contribution is -2.45. The first-order valence-corrected chi connectivity index (χ1v) is 9.92. The van der Waals surface area contributed by atoms with Crippen LogP contribution in [0.1, 0.15) is 25.5 Å². The van der Waals surface area contributed by atoms with E-state index in [0.29, 0.717) is 45.9 Å². The second-order valence-electron chi connectivity index (χ2n) is 6.57. The summed E-state index contributed by atoms with van der Waals surface area (Å²) >= 11 is 5.33. The van der Waals surface area contributed by atoms with Gasteiger partial charge in [-0.1, -0.05) is 18.2 Å². The van der Waals surface area contributed by atoms with E-state index >= 15 is 0 Å². The molecule has 3 rings (SSSR count). The van der Waals surface area contributed by atoms with Crippen LogP contribution < -0.4 is 30.2 Å². The summed E-state index contributed by atoms with van der Waals surface area (Å²) < 4.78 is 16.4. The van der Waals surface area contributed by atoms with Crippen LogP contribution in [0.15, 0.2) is 53.7 Å². The number of ether oxygens (including phenoxy) is 3. The lowest BCUT2D eigenvalue weighted by molar-refractivity contribution is -0.113. The first-order chi connectivity index (χ1) is 14.5. The van der Waals surface area contributed by atoms with Crippen molar-refractivity contribution in [1.29, 1.82) is 0 Å². The van der Waals surface area contributed by atoms with Gasteiger partial charge >= 0.3 is 0 Å². The Morgan fingerprint density at radius 1 is 1.10 bits per heavy atom. The van der Waals surface area contributed by atoms with Crippen molar-refractivity contribution in [2.45, 2.75) is 19.9 Å². The number of carbonyl (C=O) groups excluding carboxylic acids is 1. The van der Waals surface area contributed by atoms with Gasteiger partial charge < -0.3 is 30.2 Å². The van der Waals surface area contributed by atoms with Crippen LogP contribution in [-0.2, 0) is 4.79 Å². The largest absolute Gasteiger partial charge is 0.493 e. The molecule has 30 heavy (non-hydrogen) atoms. The van der Waals surface area contributed by atoms with Crippen LogP contribution in [-0.4, -0.2) is 31.8 Å². The van der Waals surface area contributed by atoms with E-state index < -0.39 is 6.04 Å². The lowest BCUT2D eigenvalue weighted by atomic mass is 9.94. The molecule has 0 saturated heterocycles. The number of thiocarbonyl (C=S) groups is 1. The molecule has 1 atom stereocenters. The van der Waals surface area contributed by atoms with Gasteiger partial charge in [0, 0.05) is 5.70 Å². The van der Waals surface area contributed by atoms with Crippen LogP contribution in [0.5, 0.6) is 17.2 Å². The van der Waals surface area contributed by atoms with Gasteiger partial charge in [0.05, 0.1) is 38.1 Å². The van der Waals surface area contributed by atoms with Crippen molar-refractivity contribution in [2.75, 3.05) is 26.1 Å². The highest BCUT2D eigenvalue weighted by Crippen LogP contribution is 2.35. The summed E-state index contributed by atoms with van der Waals surface area (Å²) in [4.78, 5) is 13.3. The number of rotatable bonds is 7. The number of amides is 1. The number of hydrogen-bond acceptors (Lipinski definition) is 5. The number of carbonyl (C=O) groups is 1. The fourth-order valence-corrected chi connectivity index (χ4v) is 3.59. The van der Waals surface area contributed by atoms with Gasteiger partial charge in [-0.2, -0.15) is 0 Å². The summed E-state index contributed by atoms with van der Waals surface area (Å²) in [5, 5.41) is 9.62. The fraction of sp³-hybridized carbons (Fsp3) is 0.273.